The molecule has 0 radical (unpaired) electrons. The van der Waals surface area contributed by atoms with Crippen molar-refractivity contribution in [2.24, 2.45) is 4.99 Å². The highest BCUT2D eigenvalue weighted by molar-refractivity contribution is 5.79. The Morgan fingerprint density at radius 3 is 2.61 bits per heavy atom. The number of nitrogens with zero attached hydrogens (tertiary/aromatic N) is 2. The number of hydrogen-bond acceptors (Lipinski definition) is 4. The lowest BCUT2D eigenvalue weighted by Gasteiger charge is -2.19. The maximum atomic E-state index is 12.4. The van der Waals surface area contributed by atoms with E-state index in [2.05, 4.69) is 15.6 Å². The molecule has 0 aliphatic carbocycles. The van der Waals surface area contributed by atoms with Gasteiger partial charge in [0.2, 0.25) is 0 Å². The van der Waals surface area contributed by atoms with Crippen molar-refractivity contribution >= 4 is 5.96 Å². The molecule has 0 heterocycles. The molecule has 9 heteroatoms. The molecule has 0 atom stereocenters. The SMILES string of the molecule is CCNC(=NCc1ccc(C)cc1OCCOC)NCCN(C)CC(F)(F)F. The highest BCUT2D eigenvalue weighted by Crippen LogP contribution is 2.21. The van der Waals surface area contributed by atoms with E-state index in [1.165, 1.54) is 11.9 Å². The molecular formula is C19H31F3N4O2. The number of likely N-dealkylation sites (N-methyl/N-ethyl adjacent to an activating group) is 1. The van der Waals surface area contributed by atoms with Gasteiger partial charge in [0.1, 0.15) is 12.4 Å². The van der Waals surface area contributed by atoms with Crippen LogP contribution in [0.25, 0.3) is 0 Å². The molecule has 1 aromatic rings. The summed E-state index contributed by atoms with van der Waals surface area (Å²) in [4.78, 5) is 5.74. The first-order valence-electron chi connectivity index (χ1n) is 9.24. The van der Waals surface area contributed by atoms with Crippen LogP contribution in [0.3, 0.4) is 0 Å². The minimum atomic E-state index is -4.20. The zero-order valence-electron chi connectivity index (χ0n) is 17.0. The second-order valence-electron chi connectivity index (χ2n) is 6.43. The van der Waals surface area contributed by atoms with E-state index in [-0.39, 0.29) is 6.54 Å². The molecule has 0 aliphatic rings. The number of benzene rings is 1. The highest BCUT2D eigenvalue weighted by Gasteiger charge is 2.28. The number of aryl methyl sites for hydroxylation is 1. The monoisotopic (exact) mass is 404 g/mol. The van der Waals surface area contributed by atoms with Crippen molar-refractivity contribution in [1.82, 2.24) is 15.5 Å². The van der Waals surface area contributed by atoms with Crippen LogP contribution in [0.1, 0.15) is 18.1 Å². The predicted octanol–water partition coefficient (Wildman–Crippen LogP) is 2.57. The minimum Gasteiger partial charge on any atom is -0.491 e. The van der Waals surface area contributed by atoms with E-state index < -0.39 is 12.7 Å². The van der Waals surface area contributed by atoms with Crippen LogP contribution in [0.15, 0.2) is 23.2 Å². The molecule has 0 fully saturated rings. The lowest BCUT2D eigenvalue weighted by atomic mass is 10.1. The summed E-state index contributed by atoms with van der Waals surface area (Å²) in [5.41, 5.74) is 2.01. The fourth-order valence-electron chi connectivity index (χ4n) is 2.42. The third-order valence-electron chi connectivity index (χ3n) is 3.75. The summed E-state index contributed by atoms with van der Waals surface area (Å²) < 4.78 is 47.9. The number of rotatable bonds is 11. The maximum absolute atomic E-state index is 12.4. The molecule has 0 saturated heterocycles. The van der Waals surface area contributed by atoms with Crippen molar-refractivity contribution < 1.29 is 22.6 Å². The fourth-order valence-corrected chi connectivity index (χ4v) is 2.42. The van der Waals surface area contributed by atoms with Crippen molar-refractivity contribution in [3.8, 4) is 5.75 Å². The molecule has 6 nitrogen and oxygen atoms in total. The molecule has 2 N–H and O–H groups in total. The number of methoxy groups -OCH3 is 1. The van der Waals surface area contributed by atoms with Crippen LogP contribution in [0.5, 0.6) is 5.75 Å². The van der Waals surface area contributed by atoms with Crippen LogP contribution in [0, 0.1) is 6.92 Å². The third-order valence-corrected chi connectivity index (χ3v) is 3.75. The Morgan fingerprint density at radius 2 is 1.96 bits per heavy atom. The lowest BCUT2D eigenvalue weighted by molar-refractivity contribution is -0.142. The molecule has 1 rings (SSSR count). The standard InChI is InChI=1S/C19H31F3N4O2/c1-5-23-18(24-8-9-26(3)14-19(20,21)22)25-13-16-7-6-15(2)12-17(16)28-11-10-27-4/h6-7,12H,5,8-11,13-14H2,1-4H3,(H2,23,24,25). The van der Waals surface area contributed by atoms with Gasteiger partial charge in [0.15, 0.2) is 5.96 Å². The van der Waals surface area contributed by atoms with Gasteiger partial charge in [0.25, 0.3) is 0 Å². The first kappa shape index (κ1) is 24.0. The summed E-state index contributed by atoms with van der Waals surface area (Å²) in [5.74, 6) is 1.30. The number of alkyl halides is 3. The first-order chi connectivity index (χ1) is 13.2. The molecule has 0 aliphatic heterocycles. The lowest BCUT2D eigenvalue weighted by Crippen LogP contribution is -2.42. The van der Waals surface area contributed by atoms with Gasteiger partial charge >= 0.3 is 6.18 Å². The number of guanidine groups is 1. The van der Waals surface area contributed by atoms with E-state index in [1.807, 2.05) is 32.0 Å². The van der Waals surface area contributed by atoms with Crippen molar-refractivity contribution in [1.29, 1.82) is 0 Å². The molecule has 1 aromatic carbocycles. The molecule has 0 unspecified atom stereocenters. The van der Waals surface area contributed by atoms with E-state index in [0.717, 1.165) is 16.9 Å². The molecule has 0 saturated carbocycles. The maximum Gasteiger partial charge on any atom is 0.401 e. The summed E-state index contributed by atoms with van der Waals surface area (Å²) in [5, 5.41) is 6.16. The van der Waals surface area contributed by atoms with Crippen molar-refractivity contribution in [2.75, 3.05) is 53.6 Å². The Labute approximate surface area is 165 Å². The quantitative estimate of drug-likeness (QED) is 0.337. The van der Waals surface area contributed by atoms with Crippen LogP contribution >= 0.6 is 0 Å². The van der Waals surface area contributed by atoms with E-state index in [9.17, 15) is 13.2 Å². The van der Waals surface area contributed by atoms with E-state index >= 15 is 0 Å². The predicted molar refractivity (Wildman–Crippen MR) is 105 cm³/mol. The zero-order chi connectivity index (χ0) is 21.0. The molecule has 0 aromatic heterocycles. The van der Waals surface area contributed by atoms with Gasteiger partial charge in [-0.25, -0.2) is 4.99 Å². The molecule has 0 amide bonds. The van der Waals surface area contributed by atoms with Gasteiger partial charge in [-0.1, -0.05) is 12.1 Å². The average molecular weight is 404 g/mol. The van der Waals surface area contributed by atoms with Gasteiger partial charge in [0, 0.05) is 32.3 Å². The molecule has 0 spiro atoms. The Hall–Kier alpha value is -2.00. The van der Waals surface area contributed by atoms with Crippen molar-refractivity contribution in [2.45, 2.75) is 26.6 Å². The zero-order valence-corrected chi connectivity index (χ0v) is 17.0. The van der Waals surface area contributed by atoms with Crippen LogP contribution in [0.2, 0.25) is 0 Å². The second kappa shape index (κ2) is 12.5. The first-order valence-corrected chi connectivity index (χ1v) is 9.24. The van der Waals surface area contributed by atoms with Crippen LogP contribution in [0.4, 0.5) is 13.2 Å². The Morgan fingerprint density at radius 1 is 1.21 bits per heavy atom. The smallest absolute Gasteiger partial charge is 0.401 e. The number of aliphatic imine (C=N–C) groups is 1. The topological polar surface area (TPSA) is 58.1 Å². The summed E-state index contributed by atoms with van der Waals surface area (Å²) in [6.45, 7) is 5.55. The third kappa shape index (κ3) is 10.4. The van der Waals surface area contributed by atoms with Gasteiger partial charge in [-0.05, 0) is 32.5 Å². The molecule has 160 valence electrons. The van der Waals surface area contributed by atoms with Gasteiger partial charge in [0.05, 0.1) is 19.7 Å². The van der Waals surface area contributed by atoms with E-state index in [0.29, 0.717) is 38.8 Å². The number of hydrogen-bond donors (Lipinski definition) is 2. The van der Waals surface area contributed by atoms with Gasteiger partial charge in [-0.15, -0.1) is 0 Å². The van der Waals surface area contributed by atoms with Gasteiger partial charge < -0.3 is 20.1 Å². The summed E-state index contributed by atoms with van der Waals surface area (Å²) in [7, 11) is 3.06. The molecular weight excluding hydrogens is 373 g/mol. The van der Waals surface area contributed by atoms with Crippen LogP contribution in [-0.4, -0.2) is 70.6 Å². The minimum absolute atomic E-state index is 0.250. The Balaban J connectivity index is 2.66. The normalized spacial score (nSPS) is 12.4. The second-order valence-corrected chi connectivity index (χ2v) is 6.43. The fraction of sp³-hybridized carbons (Fsp3) is 0.632. The number of halogens is 3. The van der Waals surface area contributed by atoms with E-state index in [1.54, 1.807) is 7.11 Å². The van der Waals surface area contributed by atoms with E-state index in [4.69, 9.17) is 9.47 Å². The summed E-state index contributed by atoms with van der Waals surface area (Å²) in [6, 6.07) is 5.90. The largest absolute Gasteiger partial charge is 0.491 e. The Kier molecular flexibility index (Phi) is 10.7. The summed E-state index contributed by atoms with van der Waals surface area (Å²) >= 11 is 0. The van der Waals surface area contributed by atoms with Crippen LogP contribution < -0.4 is 15.4 Å². The number of ether oxygens (including phenoxy) is 2. The van der Waals surface area contributed by atoms with Crippen molar-refractivity contribution in [3.63, 3.8) is 0 Å². The highest BCUT2D eigenvalue weighted by atomic mass is 19.4. The molecule has 0 bridgehead atoms. The summed E-state index contributed by atoms with van der Waals surface area (Å²) in [6.07, 6.45) is -4.20. The van der Waals surface area contributed by atoms with Crippen molar-refractivity contribution in [3.05, 3.63) is 29.3 Å². The Bertz CT molecular complexity index is 609. The van der Waals surface area contributed by atoms with Gasteiger partial charge in [-0.3, -0.25) is 4.90 Å². The average Bonchev–Trinajstić information content (AvgIpc) is 2.59. The van der Waals surface area contributed by atoms with Gasteiger partial charge in [-0.2, -0.15) is 13.2 Å². The van der Waals surface area contributed by atoms with Crippen LogP contribution in [-0.2, 0) is 11.3 Å². The number of nitrogens with one attached hydrogen (secondary N) is 2. The molecule has 28 heavy (non-hydrogen) atoms.